The summed E-state index contributed by atoms with van der Waals surface area (Å²) >= 11 is 0. The van der Waals surface area contributed by atoms with E-state index >= 15 is 0 Å². The molecule has 2 N–H and O–H groups in total. The molecule has 1 amide bonds. The van der Waals surface area contributed by atoms with Crippen LogP contribution in [0.3, 0.4) is 0 Å². The molecular formula is C14H18F3N3O. The molecule has 1 aliphatic rings. The maximum atomic E-state index is 13.4. The molecule has 1 saturated heterocycles. The molecule has 1 fully saturated rings. The van der Waals surface area contributed by atoms with Gasteiger partial charge in [-0.25, -0.2) is 0 Å². The Hall–Kier alpha value is -1.60. The van der Waals surface area contributed by atoms with Crippen molar-refractivity contribution in [1.82, 2.24) is 10.2 Å². The van der Waals surface area contributed by atoms with Gasteiger partial charge in [0.05, 0.1) is 0 Å². The summed E-state index contributed by atoms with van der Waals surface area (Å²) in [6.07, 6.45) is -4.33. The van der Waals surface area contributed by atoms with Crippen molar-refractivity contribution < 1.29 is 18.0 Å². The van der Waals surface area contributed by atoms with E-state index in [0.29, 0.717) is 31.9 Å². The lowest BCUT2D eigenvalue weighted by molar-refractivity contribution is -0.187. The highest BCUT2D eigenvalue weighted by atomic mass is 19.4. The van der Waals surface area contributed by atoms with Crippen LogP contribution >= 0.6 is 0 Å². The van der Waals surface area contributed by atoms with Gasteiger partial charge in [0.15, 0.2) is 0 Å². The molecule has 116 valence electrons. The summed E-state index contributed by atoms with van der Waals surface area (Å²) in [6, 6.07) is 4.23. The number of piperazine rings is 1. The molecule has 0 unspecified atom stereocenters. The Bertz CT molecular complexity index is 481. The van der Waals surface area contributed by atoms with Gasteiger partial charge in [-0.3, -0.25) is 9.69 Å². The van der Waals surface area contributed by atoms with Gasteiger partial charge >= 0.3 is 6.18 Å². The third kappa shape index (κ3) is 4.18. The zero-order valence-electron chi connectivity index (χ0n) is 11.7. The summed E-state index contributed by atoms with van der Waals surface area (Å²) in [7, 11) is 0. The minimum absolute atomic E-state index is 0.193. The molecule has 0 saturated carbocycles. The number of benzene rings is 1. The molecule has 2 rings (SSSR count). The molecule has 0 aliphatic carbocycles. The fourth-order valence-corrected chi connectivity index (χ4v) is 2.50. The van der Waals surface area contributed by atoms with E-state index < -0.39 is 12.2 Å². The van der Waals surface area contributed by atoms with Crippen molar-refractivity contribution >= 4 is 11.6 Å². The number of amides is 1. The Morgan fingerprint density at radius 2 is 1.81 bits per heavy atom. The van der Waals surface area contributed by atoms with Gasteiger partial charge in [0.1, 0.15) is 6.04 Å². The molecule has 1 aromatic rings. The summed E-state index contributed by atoms with van der Waals surface area (Å²) in [5, 5.41) is 5.59. The SMILES string of the molecule is CC(=O)Nc1ccc([C@H](N2CCNCC2)C(F)(F)F)cc1. The number of hydrogen-bond acceptors (Lipinski definition) is 3. The number of anilines is 1. The first-order valence-electron chi connectivity index (χ1n) is 6.77. The van der Waals surface area contributed by atoms with Crippen LogP contribution in [0, 0.1) is 0 Å². The zero-order chi connectivity index (χ0) is 15.5. The van der Waals surface area contributed by atoms with Gasteiger partial charge in [-0.05, 0) is 17.7 Å². The van der Waals surface area contributed by atoms with Crippen molar-refractivity contribution in [1.29, 1.82) is 0 Å². The third-order valence-electron chi connectivity index (χ3n) is 3.37. The first-order valence-corrected chi connectivity index (χ1v) is 6.77. The van der Waals surface area contributed by atoms with Gasteiger partial charge in [-0.1, -0.05) is 12.1 Å². The van der Waals surface area contributed by atoms with E-state index in [2.05, 4.69) is 10.6 Å². The van der Waals surface area contributed by atoms with E-state index in [1.807, 2.05) is 0 Å². The second kappa shape index (κ2) is 6.44. The number of nitrogens with one attached hydrogen (secondary N) is 2. The topological polar surface area (TPSA) is 44.4 Å². The first-order chi connectivity index (χ1) is 9.88. The van der Waals surface area contributed by atoms with E-state index in [1.54, 1.807) is 0 Å². The van der Waals surface area contributed by atoms with Crippen LogP contribution in [0.2, 0.25) is 0 Å². The van der Waals surface area contributed by atoms with E-state index in [-0.39, 0.29) is 11.5 Å². The van der Waals surface area contributed by atoms with Gasteiger partial charge in [-0.15, -0.1) is 0 Å². The normalized spacial score (nSPS) is 18.3. The lowest BCUT2D eigenvalue weighted by atomic mass is 10.0. The van der Waals surface area contributed by atoms with Crippen molar-refractivity contribution in [2.24, 2.45) is 0 Å². The lowest BCUT2D eigenvalue weighted by Crippen LogP contribution is -2.49. The first kappa shape index (κ1) is 15.8. The number of carbonyl (C=O) groups excluding carboxylic acids is 1. The molecule has 1 heterocycles. The van der Waals surface area contributed by atoms with E-state index in [4.69, 9.17) is 0 Å². The highest BCUT2D eigenvalue weighted by molar-refractivity contribution is 5.88. The van der Waals surface area contributed by atoms with Gasteiger partial charge < -0.3 is 10.6 Å². The summed E-state index contributed by atoms with van der Waals surface area (Å²) in [4.78, 5) is 12.4. The summed E-state index contributed by atoms with van der Waals surface area (Å²) < 4.78 is 40.1. The number of alkyl halides is 3. The number of carbonyl (C=O) groups is 1. The summed E-state index contributed by atoms with van der Waals surface area (Å²) in [6.45, 7) is 3.18. The second-order valence-electron chi connectivity index (χ2n) is 5.03. The standard InChI is InChI=1S/C14H18F3N3O/c1-10(21)19-12-4-2-11(3-5-12)13(14(15,16)17)20-8-6-18-7-9-20/h2-5,13,18H,6-9H2,1H3,(H,19,21)/t13-/m0/s1. The summed E-state index contributed by atoms with van der Waals surface area (Å²) in [5.74, 6) is -0.253. The van der Waals surface area contributed by atoms with Crippen LogP contribution in [0.15, 0.2) is 24.3 Å². The van der Waals surface area contributed by atoms with Crippen LogP contribution < -0.4 is 10.6 Å². The zero-order valence-corrected chi connectivity index (χ0v) is 11.7. The van der Waals surface area contributed by atoms with Crippen molar-refractivity contribution in [2.45, 2.75) is 19.1 Å². The van der Waals surface area contributed by atoms with Crippen LogP contribution in [0.5, 0.6) is 0 Å². The van der Waals surface area contributed by atoms with Gasteiger partial charge in [0.2, 0.25) is 5.91 Å². The Morgan fingerprint density at radius 1 is 1.24 bits per heavy atom. The minimum Gasteiger partial charge on any atom is -0.326 e. The van der Waals surface area contributed by atoms with Crippen molar-refractivity contribution in [3.05, 3.63) is 29.8 Å². The van der Waals surface area contributed by atoms with Crippen LogP contribution in [0.1, 0.15) is 18.5 Å². The number of nitrogens with zero attached hydrogens (tertiary/aromatic N) is 1. The molecule has 1 aromatic carbocycles. The predicted octanol–water partition coefficient (Wildman–Crippen LogP) is 2.15. The van der Waals surface area contributed by atoms with Crippen molar-refractivity contribution in [3.63, 3.8) is 0 Å². The second-order valence-corrected chi connectivity index (χ2v) is 5.03. The fraction of sp³-hybridized carbons (Fsp3) is 0.500. The van der Waals surface area contributed by atoms with Crippen molar-refractivity contribution in [2.75, 3.05) is 31.5 Å². The molecule has 4 nitrogen and oxygen atoms in total. The molecule has 1 aliphatic heterocycles. The molecule has 7 heteroatoms. The number of hydrogen-bond donors (Lipinski definition) is 2. The molecule has 0 bridgehead atoms. The van der Waals surface area contributed by atoms with Crippen LogP contribution in [0.25, 0.3) is 0 Å². The largest absolute Gasteiger partial charge is 0.408 e. The highest BCUT2D eigenvalue weighted by Gasteiger charge is 2.44. The Kier molecular flexibility index (Phi) is 4.84. The average Bonchev–Trinajstić information content (AvgIpc) is 2.40. The van der Waals surface area contributed by atoms with Gasteiger partial charge in [0, 0.05) is 38.8 Å². The van der Waals surface area contributed by atoms with Gasteiger partial charge in [0.25, 0.3) is 0 Å². The van der Waals surface area contributed by atoms with Gasteiger partial charge in [-0.2, -0.15) is 13.2 Å². The molecule has 1 atom stereocenters. The van der Waals surface area contributed by atoms with Crippen LogP contribution in [-0.4, -0.2) is 43.2 Å². The minimum atomic E-state index is -4.33. The van der Waals surface area contributed by atoms with Crippen LogP contribution in [-0.2, 0) is 4.79 Å². The average molecular weight is 301 g/mol. The fourth-order valence-electron chi connectivity index (χ4n) is 2.50. The predicted molar refractivity (Wildman–Crippen MR) is 74.0 cm³/mol. The maximum absolute atomic E-state index is 13.4. The smallest absolute Gasteiger partial charge is 0.326 e. The molecule has 21 heavy (non-hydrogen) atoms. The molecule has 0 aromatic heterocycles. The quantitative estimate of drug-likeness (QED) is 0.899. The Labute approximate surface area is 121 Å². The van der Waals surface area contributed by atoms with E-state index in [1.165, 1.54) is 36.1 Å². The molecular weight excluding hydrogens is 283 g/mol. The number of halogens is 3. The molecule has 0 radical (unpaired) electrons. The number of rotatable bonds is 3. The van der Waals surface area contributed by atoms with Crippen LogP contribution in [0.4, 0.5) is 18.9 Å². The summed E-state index contributed by atoms with van der Waals surface area (Å²) in [5.41, 5.74) is 0.686. The Morgan fingerprint density at radius 3 is 2.29 bits per heavy atom. The van der Waals surface area contributed by atoms with E-state index in [9.17, 15) is 18.0 Å². The molecule has 0 spiro atoms. The highest BCUT2D eigenvalue weighted by Crippen LogP contribution is 2.38. The third-order valence-corrected chi connectivity index (χ3v) is 3.37. The Balaban J connectivity index is 2.22. The van der Waals surface area contributed by atoms with Crippen molar-refractivity contribution in [3.8, 4) is 0 Å². The maximum Gasteiger partial charge on any atom is 0.408 e. The van der Waals surface area contributed by atoms with E-state index in [0.717, 1.165) is 0 Å². The lowest BCUT2D eigenvalue weighted by Gasteiger charge is -2.36. The monoisotopic (exact) mass is 301 g/mol.